The number of aryl methyl sites for hydroxylation is 1. The molecular weight excluding hydrogens is 486 g/mol. The summed E-state index contributed by atoms with van der Waals surface area (Å²) in [5.74, 6) is -1.11. The summed E-state index contributed by atoms with van der Waals surface area (Å²) in [6, 6.07) is 5.64. The Kier molecular flexibility index (Phi) is 9.06. The molecule has 168 valence electrons. The van der Waals surface area contributed by atoms with Gasteiger partial charge in [-0.1, -0.05) is 13.0 Å². The topological polar surface area (TPSA) is 90.9 Å². The molecule has 1 heterocycles. The van der Waals surface area contributed by atoms with Crippen LogP contribution in [0.25, 0.3) is 0 Å². The van der Waals surface area contributed by atoms with Gasteiger partial charge in [-0.15, -0.1) is 11.3 Å². The lowest BCUT2D eigenvalue weighted by Crippen LogP contribution is -2.21. The summed E-state index contributed by atoms with van der Waals surface area (Å²) in [5, 5.41) is 2.89. The third-order valence-electron chi connectivity index (χ3n) is 4.17. The summed E-state index contributed by atoms with van der Waals surface area (Å²) in [6.45, 7) is 8.72. The van der Waals surface area contributed by atoms with Gasteiger partial charge in [-0.25, -0.2) is 9.59 Å². The van der Waals surface area contributed by atoms with Crippen LogP contribution in [0.5, 0.6) is 5.75 Å². The fraction of sp³-hybridized carbons (Fsp3) is 0.409. The number of carbonyl (C=O) groups is 3. The van der Waals surface area contributed by atoms with E-state index in [1.165, 1.54) is 0 Å². The van der Waals surface area contributed by atoms with Crippen LogP contribution in [0.15, 0.2) is 22.7 Å². The lowest BCUT2D eigenvalue weighted by molar-refractivity contribution is -0.118. The number of amides is 1. The van der Waals surface area contributed by atoms with Crippen molar-refractivity contribution in [1.82, 2.24) is 0 Å². The Balaban J connectivity index is 2.20. The third-order valence-corrected chi connectivity index (χ3v) is 5.98. The van der Waals surface area contributed by atoms with E-state index in [0.29, 0.717) is 11.3 Å². The van der Waals surface area contributed by atoms with Gasteiger partial charge in [0.2, 0.25) is 0 Å². The molecule has 0 unspecified atom stereocenters. The molecular formula is C22H26BrNO6S. The van der Waals surface area contributed by atoms with Crippen molar-refractivity contribution in [2.24, 2.45) is 0 Å². The second kappa shape index (κ2) is 11.3. The number of nitrogens with one attached hydrogen (secondary N) is 1. The Morgan fingerprint density at radius 3 is 2.45 bits per heavy atom. The minimum atomic E-state index is -0.617. The first-order valence-electron chi connectivity index (χ1n) is 9.90. The molecule has 2 rings (SSSR count). The molecule has 0 aliphatic heterocycles. The number of ether oxygens (including phenoxy) is 3. The number of benzene rings is 1. The van der Waals surface area contributed by atoms with Crippen molar-refractivity contribution in [3.8, 4) is 5.75 Å². The zero-order valence-electron chi connectivity index (χ0n) is 18.2. The summed E-state index contributed by atoms with van der Waals surface area (Å²) in [7, 11) is 0. The van der Waals surface area contributed by atoms with Crippen molar-refractivity contribution in [2.75, 3.05) is 18.5 Å². The van der Waals surface area contributed by atoms with Crippen LogP contribution in [-0.2, 0) is 20.7 Å². The first-order chi connectivity index (χ1) is 14.7. The number of hydrogen-bond acceptors (Lipinski definition) is 7. The average molecular weight is 512 g/mol. The molecule has 9 heteroatoms. The predicted octanol–water partition coefficient (Wildman–Crippen LogP) is 5.14. The Morgan fingerprint density at radius 2 is 1.87 bits per heavy atom. The molecule has 0 spiro atoms. The van der Waals surface area contributed by atoms with E-state index in [1.54, 1.807) is 33.8 Å². The number of thiophene rings is 1. The van der Waals surface area contributed by atoms with E-state index >= 15 is 0 Å². The third kappa shape index (κ3) is 6.54. The summed E-state index contributed by atoms with van der Waals surface area (Å²) in [4.78, 5) is 37.6. The van der Waals surface area contributed by atoms with E-state index in [2.05, 4.69) is 21.2 Å². The predicted molar refractivity (Wildman–Crippen MR) is 123 cm³/mol. The molecule has 7 nitrogen and oxygen atoms in total. The minimum absolute atomic E-state index is 0.143. The van der Waals surface area contributed by atoms with Crippen LogP contribution in [-0.4, -0.2) is 37.2 Å². The van der Waals surface area contributed by atoms with Gasteiger partial charge in [-0.05, 0) is 73.3 Å². The zero-order chi connectivity index (χ0) is 23.1. The Morgan fingerprint density at radius 1 is 1.16 bits per heavy atom. The van der Waals surface area contributed by atoms with Crippen molar-refractivity contribution in [1.29, 1.82) is 0 Å². The van der Waals surface area contributed by atoms with Crippen molar-refractivity contribution in [3.05, 3.63) is 44.2 Å². The van der Waals surface area contributed by atoms with Gasteiger partial charge in [0.05, 0.1) is 22.7 Å². The van der Waals surface area contributed by atoms with Gasteiger partial charge in [-0.2, -0.15) is 0 Å². The molecule has 0 aliphatic rings. The maximum absolute atomic E-state index is 12.5. The minimum Gasteiger partial charge on any atom is -0.483 e. The molecule has 0 atom stereocenters. The number of esters is 2. The number of carbonyl (C=O) groups excluding carboxylic acids is 3. The van der Waals surface area contributed by atoms with Crippen LogP contribution in [0.2, 0.25) is 0 Å². The van der Waals surface area contributed by atoms with Crippen LogP contribution in [0.1, 0.15) is 58.9 Å². The fourth-order valence-electron chi connectivity index (χ4n) is 2.70. The van der Waals surface area contributed by atoms with Gasteiger partial charge in [-0.3, -0.25) is 4.79 Å². The van der Waals surface area contributed by atoms with E-state index < -0.39 is 17.8 Å². The van der Waals surface area contributed by atoms with E-state index in [4.69, 9.17) is 14.2 Å². The molecule has 0 radical (unpaired) electrons. The Labute approximate surface area is 194 Å². The van der Waals surface area contributed by atoms with Gasteiger partial charge >= 0.3 is 11.9 Å². The summed E-state index contributed by atoms with van der Waals surface area (Å²) < 4.78 is 16.7. The maximum atomic E-state index is 12.5. The zero-order valence-corrected chi connectivity index (χ0v) is 20.6. The highest BCUT2D eigenvalue weighted by atomic mass is 79.9. The number of rotatable bonds is 9. The maximum Gasteiger partial charge on any atom is 0.348 e. The summed E-state index contributed by atoms with van der Waals surface area (Å²) in [6.07, 6.45) is 0.569. The van der Waals surface area contributed by atoms with Crippen molar-refractivity contribution in [3.63, 3.8) is 0 Å². The fourth-order valence-corrected chi connectivity index (χ4v) is 4.33. The van der Waals surface area contributed by atoms with Gasteiger partial charge in [0.25, 0.3) is 5.91 Å². The van der Waals surface area contributed by atoms with Gasteiger partial charge in [0, 0.05) is 0 Å². The highest BCUT2D eigenvalue weighted by Crippen LogP contribution is 2.34. The molecule has 0 fully saturated rings. The Bertz CT molecular complexity index is 969. The van der Waals surface area contributed by atoms with Crippen LogP contribution in [0.4, 0.5) is 5.00 Å². The number of anilines is 1. The van der Waals surface area contributed by atoms with E-state index in [1.807, 2.05) is 19.1 Å². The first kappa shape index (κ1) is 24.9. The SMILES string of the molecule is CCOC(=O)c1c(NC(=O)COc2ccc(CC)cc2Br)sc(C(=O)OC(C)C)c1C. The molecule has 1 aromatic carbocycles. The second-order valence-electron chi connectivity index (χ2n) is 6.89. The van der Waals surface area contributed by atoms with Crippen molar-refractivity contribution in [2.45, 2.75) is 47.1 Å². The lowest BCUT2D eigenvalue weighted by atomic mass is 10.1. The molecule has 1 amide bonds. The molecule has 2 aromatic rings. The van der Waals surface area contributed by atoms with E-state index in [0.717, 1.165) is 27.8 Å². The van der Waals surface area contributed by atoms with Crippen LogP contribution >= 0.6 is 27.3 Å². The first-order valence-corrected chi connectivity index (χ1v) is 11.5. The molecule has 0 saturated heterocycles. The largest absolute Gasteiger partial charge is 0.483 e. The second-order valence-corrected chi connectivity index (χ2v) is 8.76. The smallest absolute Gasteiger partial charge is 0.348 e. The summed E-state index contributed by atoms with van der Waals surface area (Å²) >= 11 is 4.41. The normalized spacial score (nSPS) is 10.7. The lowest BCUT2D eigenvalue weighted by Gasteiger charge is -2.10. The molecule has 31 heavy (non-hydrogen) atoms. The van der Waals surface area contributed by atoms with Crippen molar-refractivity contribution < 1.29 is 28.6 Å². The molecule has 0 saturated carbocycles. The van der Waals surface area contributed by atoms with Gasteiger partial charge in [0.1, 0.15) is 15.6 Å². The Hall–Kier alpha value is -2.39. The monoisotopic (exact) mass is 511 g/mol. The average Bonchev–Trinajstić information content (AvgIpc) is 3.02. The summed E-state index contributed by atoms with van der Waals surface area (Å²) in [5.41, 5.74) is 1.69. The van der Waals surface area contributed by atoms with Crippen LogP contribution in [0, 0.1) is 6.92 Å². The van der Waals surface area contributed by atoms with Gasteiger partial charge < -0.3 is 19.5 Å². The number of hydrogen-bond donors (Lipinski definition) is 1. The quantitative estimate of drug-likeness (QED) is 0.468. The van der Waals surface area contributed by atoms with Gasteiger partial charge in [0.15, 0.2) is 6.61 Å². The van der Waals surface area contributed by atoms with Crippen LogP contribution in [0.3, 0.4) is 0 Å². The van der Waals surface area contributed by atoms with Crippen LogP contribution < -0.4 is 10.1 Å². The van der Waals surface area contributed by atoms with E-state index in [9.17, 15) is 14.4 Å². The molecule has 0 aliphatic carbocycles. The molecule has 1 N–H and O–H groups in total. The molecule has 0 bridgehead atoms. The standard InChI is InChI=1S/C22H26BrNO6S/c1-6-14-8-9-16(15(23)10-14)29-11-17(25)24-20-18(21(26)28-7-2)13(5)19(31-20)22(27)30-12(3)4/h8-10,12H,6-7,11H2,1-5H3,(H,24,25). The van der Waals surface area contributed by atoms with Crippen molar-refractivity contribution >= 4 is 50.1 Å². The highest BCUT2D eigenvalue weighted by molar-refractivity contribution is 9.10. The molecule has 1 aromatic heterocycles. The number of halogens is 1. The van der Waals surface area contributed by atoms with E-state index in [-0.39, 0.29) is 34.8 Å². The highest BCUT2D eigenvalue weighted by Gasteiger charge is 2.27.